The van der Waals surface area contributed by atoms with E-state index < -0.39 is 4.92 Å². The lowest BCUT2D eigenvalue weighted by molar-refractivity contribution is -0.387. The van der Waals surface area contributed by atoms with Gasteiger partial charge in [0.15, 0.2) is 0 Å². The number of amides is 1. The third-order valence-corrected chi connectivity index (χ3v) is 4.69. The molecule has 132 valence electrons. The number of nitrogens with zero attached hydrogens (tertiary/aromatic N) is 2. The summed E-state index contributed by atoms with van der Waals surface area (Å²) in [5.74, 6) is -0.321. The Hall–Kier alpha value is -2.38. The van der Waals surface area contributed by atoms with Crippen molar-refractivity contribution in [2.75, 3.05) is 26.9 Å². The van der Waals surface area contributed by atoms with E-state index in [1.165, 1.54) is 17.8 Å². The molecule has 0 saturated carbocycles. The van der Waals surface area contributed by atoms with Gasteiger partial charge in [-0.05, 0) is 38.0 Å². The summed E-state index contributed by atoms with van der Waals surface area (Å²) in [6.45, 7) is 0.411. The second-order valence-corrected chi connectivity index (χ2v) is 6.59. The van der Waals surface area contributed by atoms with E-state index in [4.69, 9.17) is 0 Å². The molecule has 0 heterocycles. The van der Waals surface area contributed by atoms with Crippen LogP contribution in [0.25, 0.3) is 0 Å². The van der Waals surface area contributed by atoms with Crippen LogP contribution in [0.2, 0.25) is 0 Å². The highest BCUT2D eigenvalue weighted by atomic mass is 32.2. The van der Waals surface area contributed by atoms with Crippen molar-refractivity contribution in [3.8, 4) is 0 Å². The highest BCUT2D eigenvalue weighted by Gasteiger charge is 2.19. The van der Waals surface area contributed by atoms with Crippen molar-refractivity contribution in [2.45, 2.75) is 10.9 Å². The van der Waals surface area contributed by atoms with E-state index in [1.807, 2.05) is 49.3 Å². The number of nitro groups is 1. The molecule has 0 aromatic heterocycles. The molecule has 0 aliphatic carbocycles. The highest BCUT2D eigenvalue weighted by molar-refractivity contribution is 7.98. The first kappa shape index (κ1) is 19.0. The summed E-state index contributed by atoms with van der Waals surface area (Å²) in [5, 5.41) is 14.0. The number of carbonyl (C=O) groups excluding carboxylic acids is 1. The van der Waals surface area contributed by atoms with Gasteiger partial charge < -0.3 is 10.2 Å². The average Bonchev–Trinajstić information content (AvgIpc) is 2.61. The molecule has 2 aromatic carbocycles. The predicted molar refractivity (Wildman–Crippen MR) is 100 cm³/mol. The van der Waals surface area contributed by atoms with Crippen LogP contribution in [0, 0.1) is 10.1 Å². The Morgan fingerprint density at radius 3 is 2.48 bits per heavy atom. The lowest BCUT2D eigenvalue weighted by Gasteiger charge is -2.25. The summed E-state index contributed by atoms with van der Waals surface area (Å²) in [6.07, 6.45) is 1.77. The molecule has 0 unspecified atom stereocenters. The molecule has 0 aliphatic heterocycles. The molecule has 1 amide bonds. The Morgan fingerprint density at radius 2 is 1.92 bits per heavy atom. The monoisotopic (exact) mass is 359 g/mol. The Morgan fingerprint density at radius 1 is 1.24 bits per heavy atom. The second kappa shape index (κ2) is 8.64. The zero-order valence-electron chi connectivity index (χ0n) is 14.4. The number of nitrogens with one attached hydrogen (secondary N) is 1. The standard InChI is InChI=1S/C18H21N3O3S/c1-20(2)16(13-7-5-4-6-8-13)12-19-18(22)14-9-10-17(25-3)15(11-14)21(23)24/h4-11,16H,12H2,1-3H3,(H,19,22)/t16-/m1/s1. The maximum atomic E-state index is 12.4. The van der Waals surface area contributed by atoms with Gasteiger partial charge in [-0.15, -0.1) is 11.8 Å². The van der Waals surface area contributed by atoms with Crippen LogP contribution in [-0.4, -0.2) is 42.6 Å². The third kappa shape index (κ3) is 4.80. The highest BCUT2D eigenvalue weighted by Crippen LogP contribution is 2.28. The van der Waals surface area contributed by atoms with Crippen molar-refractivity contribution in [3.05, 3.63) is 69.8 Å². The predicted octanol–water partition coefficient (Wildman–Crippen LogP) is 3.35. The summed E-state index contributed by atoms with van der Waals surface area (Å²) in [6, 6.07) is 14.4. The smallest absolute Gasteiger partial charge is 0.283 e. The van der Waals surface area contributed by atoms with Crippen LogP contribution in [-0.2, 0) is 0 Å². The summed E-state index contributed by atoms with van der Waals surface area (Å²) in [5.41, 5.74) is 1.33. The number of hydrogen-bond acceptors (Lipinski definition) is 5. The van der Waals surface area contributed by atoms with Crippen molar-refractivity contribution in [1.29, 1.82) is 0 Å². The van der Waals surface area contributed by atoms with E-state index in [-0.39, 0.29) is 23.2 Å². The maximum absolute atomic E-state index is 12.4. The zero-order valence-corrected chi connectivity index (χ0v) is 15.2. The Balaban J connectivity index is 2.13. The minimum absolute atomic E-state index is 0.0191. The fourth-order valence-corrected chi connectivity index (χ4v) is 3.09. The Bertz CT molecular complexity index is 750. The van der Waals surface area contributed by atoms with Crippen LogP contribution in [0.5, 0.6) is 0 Å². The lowest BCUT2D eigenvalue weighted by Crippen LogP contribution is -2.34. The van der Waals surface area contributed by atoms with E-state index in [2.05, 4.69) is 5.32 Å². The van der Waals surface area contributed by atoms with Gasteiger partial charge in [0.1, 0.15) is 0 Å². The van der Waals surface area contributed by atoms with Gasteiger partial charge in [0.05, 0.1) is 15.9 Å². The Kier molecular flexibility index (Phi) is 6.55. The molecule has 7 heteroatoms. The van der Waals surface area contributed by atoms with Crippen molar-refractivity contribution >= 4 is 23.4 Å². The fraction of sp³-hybridized carbons (Fsp3) is 0.278. The van der Waals surface area contributed by atoms with Gasteiger partial charge >= 0.3 is 0 Å². The van der Waals surface area contributed by atoms with Crippen molar-refractivity contribution in [1.82, 2.24) is 10.2 Å². The fourth-order valence-electron chi connectivity index (χ4n) is 2.54. The molecule has 0 saturated heterocycles. The zero-order chi connectivity index (χ0) is 18.4. The quantitative estimate of drug-likeness (QED) is 0.466. The van der Waals surface area contributed by atoms with Crippen LogP contribution in [0.4, 0.5) is 5.69 Å². The first-order chi connectivity index (χ1) is 11.9. The van der Waals surface area contributed by atoms with Gasteiger partial charge in [0.2, 0.25) is 0 Å². The molecule has 0 radical (unpaired) electrons. The van der Waals surface area contributed by atoms with Crippen molar-refractivity contribution < 1.29 is 9.72 Å². The molecule has 2 aromatic rings. The molecule has 0 fully saturated rings. The van der Waals surface area contributed by atoms with Crippen LogP contribution in [0.15, 0.2) is 53.4 Å². The molecule has 0 aliphatic rings. The van der Waals surface area contributed by atoms with Crippen LogP contribution in [0.1, 0.15) is 22.0 Å². The molecule has 6 nitrogen and oxygen atoms in total. The second-order valence-electron chi connectivity index (χ2n) is 5.74. The average molecular weight is 359 g/mol. The molecule has 2 rings (SSSR count). The van der Waals surface area contributed by atoms with Gasteiger partial charge in [0, 0.05) is 18.2 Å². The van der Waals surface area contributed by atoms with Gasteiger partial charge in [-0.3, -0.25) is 14.9 Å². The first-order valence-electron chi connectivity index (χ1n) is 7.76. The number of hydrogen-bond donors (Lipinski definition) is 1. The third-order valence-electron chi connectivity index (χ3n) is 3.90. The maximum Gasteiger partial charge on any atom is 0.283 e. The molecule has 1 N–H and O–H groups in total. The van der Waals surface area contributed by atoms with E-state index in [9.17, 15) is 14.9 Å². The number of likely N-dealkylation sites (N-methyl/N-ethyl adjacent to an activating group) is 1. The molecule has 0 spiro atoms. The summed E-state index contributed by atoms with van der Waals surface area (Å²) in [7, 11) is 3.89. The minimum atomic E-state index is -0.463. The van der Waals surface area contributed by atoms with E-state index in [0.717, 1.165) is 5.56 Å². The summed E-state index contributed by atoms with van der Waals surface area (Å²) >= 11 is 1.28. The number of benzene rings is 2. The largest absolute Gasteiger partial charge is 0.350 e. The summed E-state index contributed by atoms with van der Waals surface area (Å²) in [4.78, 5) is 25.7. The van der Waals surface area contributed by atoms with Crippen molar-refractivity contribution in [3.63, 3.8) is 0 Å². The molecular weight excluding hydrogens is 338 g/mol. The lowest BCUT2D eigenvalue weighted by atomic mass is 10.1. The molecule has 0 bridgehead atoms. The Labute approximate surface area is 151 Å². The van der Waals surface area contributed by atoms with E-state index in [1.54, 1.807) is 18.4 Å². The van der Waals surface area contributed by atoms with Gasteiger partial charge in [-0.25, -0.2) is 0 Å². The minimum Gasteiger partial charge on any atom is -0.350 e. The van der Waals surface area contributed by atoms with Gasteiger partial charge in [-0.1, -0.05) is 30.3 Å². The molecular formula is C18H21N3O3S. The first-order valence-corrected chi connectivity index (χ1v) is 8.98. The topological polar surface area (TPSA) is 75.5 Å². The van der Waals surface area contributed by atoms with Gasteiger partial charge in [-0.2, -0.15) is 0 Å². The van der Waals surface area contributed by atoms with Crippen molar-refractivity contribution in [2.24, 2.45) is 0 Å². The van der Waals surface area contributed by atoms with Crippen LogP contribution >= 0.6 is 11.8 Å². The number of rotatable bonds is 7. The number of carbonyl (C=O) groups is 1. The normalized spacial score (nSPS) is 12.0. The van der Waals surface area contributed by atoms with Crippen LogP contribution in [0.3, 0.4) is 0 Å². The van der Waals surface area contributed by atoms with E-state index in [0.29, 0.717) is 11.4 Å². The van der Waals surface area contributed by atoms with Crippen LogP contribution < -0.4 is 5.32 Å². The number of nitro benzene ring substituents is 1. The molecule has 25 heavy (non-hydrogen) atoms. The SMILES string of the molecule is CSc1ccc(C(=O)NC[C@H](c2ccccc2)N(C)C)cc1[N+](=O)[O-]. The van der Waals surface area contributed by atoms with E-state index >= 15 is 0 Å². The van der Waals surface area contributed by atoms with Gasteiger partial charge in [0.25, 0.3) is 11.6 Å². The molecule has 1 atom stereocenters. The summed E-state index contributed by atoms with van der Waals surface area (Å²) < 4.78 is 0. The number of thioether (sulfide) groups is 1.